The van der Waals surface area contributed by atoms with Gasteiger partial charge in [0.25, 0.3) is 5.88 Å². The zero-order valence-electron chi connectivity index (χ0n) is 17.1. The lowest BCUT2D eigenvalue weighted by Crippen LogP contribution is -2.40. The van der Waals surface area contributed by atoms with Gasteiger partial charge in [-0.15, -0.1) is 0 Å². The van der Waals surface area contributed by atoms with Crippen molar-refractivity contribution in [2.75, 3.05) is 52.9 Å². The first kappa shape index (κ1) is 19.2. The minimum atomic E-state index is 0.448. The summed E-state index contributed by atoms with van der Waals surface area (Å²) in [5.74, 6) is 1.13. The molecule has 0 saturated carbocycles. The van der Waals surface area contributed by atoms with Crippen LogP contribution in [0.25, 0.3) is 11.0 Å². The van der Waals surface area contributed by atoms with Gasteiger partial charge in [0, 0.05) is 44.5 Å². The van der Waals surface area contributed by atoms with E-state index in [1.54, 1.807) is 21.3 Å². The summed E-state index contributed by atoms with van der Waals surface area (Å²) in [7, 11) is 5.02. The number of pyridine rings is 2. The van der Waals surface area contributed by atoms with Gasteiger partial charge in [0.05, 0.1) is 32.0 Å². The van der Waals surface area contributed by atoms with Crippen LogP contribution < -0.4 is 14.8 Å². The highest BCUT2D eigenvalue weighted by atomic mass is 16.5. The van der Waals surface area contributed by atoms with Crippen molar-refractivity contribution in [3.05, 3.63) is 17.3 Å². The second-order valence-electron chi connectivity index (χ2n) is 7.59. The molecule has 2 aromatic rings. The van der Waals surface area contributed by atoms with Crippen molar-refractivity contribution in [1.29, 1.82) is 0 Å². The van der Waals surface area contributed by atoms with E-state index in [0.717, 1.165) is 75.1 Å². The Bertz CT molecular complexity index is 834. The molecular formula is C21H30N4O3. The highest BCUT2D eigenvalue weighted by molar-refractivity contribution is 5.92. The van der Waals surface area contributed by atoms with Gasteiger partial charge in [-0.1, -0.05) is 0 Å². The number of ether oxygens (including phenoxy) is 3. The minimum Gasteiger partial charge on any atom is -0.491 e. The van der Waals surface area contributed by atoms with Crippen LogP contribution in [0.2, 0.25) is 0 Å². The van der Waals surface area contributed by atoms with Gasteiger partial charge < -0.3 is 24.4 Å². The summed E-state index contributed by atoms with van der Waals surface area (Å²) in [5.41, 5.74) is 5.43. The van der Waals surface area contributed by atoms with E-state index in [9.17, 15) is 0 Å². The molecule has 7 nitrogen and oxygen atoms in total. The predicted octanol–water partition coefficient (Wildman–Crippen LogP) is 2.66. The Morgan fingerprint density at radius 2 is 1.93 bits per heavy atom. The second kappa shape index (κ2) is 8.49. The molecule has 0 atom stereocenters. The van der Waals surface area contributed by atoms with E-state index in [-0.39, 0.29) is 0 Å². The van der Waals surface area contributed by atoms with E-state index in [2.05, 4.69) is 10.2 Å². The molecule has 0 aromatic carbocycles. The molecule has 0 amide bonds. The standard InChI is InChI=1S/C21H30N4O3/c1-26-12-11-25-9-7-14(8-10-25)22-19-15-5-4-6-16(15)23-17-13-18(27-2)21(28-3)24-20(17)19/h13-14H,4-12H2,1-3H3,(H,22,23). The number of nitrogens with one attached hydrogen (secondary N) is 1. The second-order valence-corrected chi connectivity index (χ2v) is 7.59. The lowest BCUT2D eigenvalue weighted by atomic mass is 10.0. The Labute approximate surface area is 166 Å². The summed E-state index contributed by atoms with van der Waals surface area (Å²) in [6.07, 6.45) is 5.48. The van der Waals surface area contributed by atoms with Gasteiger partial charge in [-0.3, -0.25) is 4.98 Å². The molecule has 152 valence electrons. The zero-order valence-corrected chi connectivity index (χ0v) is 17.1. The van der Waals surface area contributed by atoms with E-state index in [1.165, 1.54) is 11.3 Å². The van der Waals surface area contributed by atoms with Gasteiger partial charge in [-0.2, -0.15) is 0 Å². The Morgan fingerprint density at radius 3 is 2.64 bits per heavy atom. The minimum absolute atomic E-state index is 0.448. The predicted molar refractivity (Wildman–Crippen MR) is 110 cm³/mol. The van der Waals surface area contributed by atoms with Crippen molar-refractivity contribution in [3.8, 4) is 11.6 Å². The van der Waals surface area contributed by atoms with Gasteiger partial charge >= 0.3 is 0 Å². The van der Waals surface area contributed by atoms with Crippen LogP contribution in [-0.2, 0) is 17.6 Å². The highest BCUT2D eigenvalue weighted by Crippen LogP contribution is 2.38. The topological polar surface area (TPSA) is 68.7 Å². The highest BCUT2D eigenvalue weighted by Gasteiger charge is 2.25. The van der Waals surface area contributed by atoms with Crippen LogP contribution in [0.4, 0.5) is 5.69 Å². The first-order chi connectivity index (χ1) is 13.7. The van der Waals surface area contributed by atoms with Gasteiger partial charge in [0.1, 0.15) is 5.52 Å². The Kier molecular flexibility index (Phi) is 5.82. The number of methoxy groups -OCH3 is 3. The van der Waals surface area contributed by atoms with Crippen LogP contribution in [0.5, 0.6) is 11.6 Å². The molecule has 0 spiro atoms. The van der Waals surface area contributed by atoms with E-state index in [0.29, 0.717) is 17.7 Å². The maximum atomic E-state index is 5.45. The molecule has 0 unspecified atom stereocenters. The molecular weight excluding hydrogens is 356 g/mol. The molecule has 2 aromatic heterocycles. The summed E-state index contributed by atoms with van der Waals surface area (Å²) in [6.45, 7) is 4.00. The third-order valence-electron chi connectivity index (χ3n) is 5.88. The lowest BCUT2D eigenvalue weighted by molar-refractivity contribution is 0.132. The summed E-state index contributed by atoms with van der Waals surface area (Å²) in [6, 6.07) is 2.39. The SMILES string of the molecule is COCCN1CCC(Nc2c3c(nc4cc(OC)c(OC)nc24)CCC3)CC1. The van der Waals surface area contributed by atoms with Crippen molar-refractivity contribution in [1.82, 2.24) is 14.9 Å². The Balaban J connectivity index is 1.62. The van der Waals surface area contributed by atoms with Crippen LogP contribution in [0.15, 0.2) is 6.07 Å². The molecule has 0 radical (unpaired) electrons. The van der Waals surface area contributed by atoms with Crippen molar-refractivity contribution < 1.29 is 14.2 Å². The quantitative estimate of drug-likeness (QED) is 0.784. The number of anilines is 1. The first-order valence-corrected chi connectivity index (χ1v) is 10.2. The van der Waals surface area contributed by atoms with Gasteiger partial charge in [-0.05, 0) is 37.7 Å². The van der Waals surface area contributed by atoms with Crippen LogP contribution in [0.1, 0.15) is 30.5 Å². The summed E-state index contributed by atoms with van der Waals surface area (Å²) < 4.78 is 16.1. The van der Waals surface area contributed by atoms with Crippen LogP contribution >= 0.6 is 0 Å². The fourth-order valence-corrected chi connectivity index (χ4v) is 4.32. The van der Waals surface area contributed by atoms with Gasteiger partial charge in [0.2, 0.25) is 0 Å². The molecule has 0 bridgehead atoms. The molecule has 1 N–H and O–H groups in total. The normalized spacial score (nSPS) is 17.7. The number of nitrogens with zero attached hydrogens (tertiary/aromatic N) is 3. The monoisotopic (exact) mass is 386 g/mol. The van der Waals surface area contributed by atoms with Crippen molar-refractivity contribution in [2.45, 2.75) is 38.1 Å². The third kappa shape index (κ3) is 3.73. The number of piperidine rings is 1. The Hall–Kier alpha value is -2.12. The lowest BCUT2D eigenvalue weighted by Gasteiger charge is -2.33. The number of aryl methyl sites for hydroxylation is 1. The molecule has 28 heavy (non-hydrogen) atoms. The zero-order chi connectivity index (χ0) is 19.5. The van der Waals surface area contributed by atoms with Crippen molar-refractivity contribution >= 4 is 16.7 Å². The van der Waals surface area contributed by atoms with E-state index in [4.69, 9.17) is 24.2 Å². The van der Waals surface area contributed by atoms with Crippen LogP contribution in [-0.4, -0.2) is 68.5 Å². The largest absolute Gasteiger partial charge is 0.491 e. The van der Waals surface area contributed by atoms with E-state index < -0.39 is 0 Å². The average Bonchev–Trinajstić information content (AvgIpc) is 3.20. The molecule has 1 aliphatic carbocycles. The first-order valence-electron chi connectivity index (χ1n) is 10.2. The Morgan fingerprint density at radius 1 is 1.11 bits per heavy atom. The van der Waals surface area contributed by atoms with E-state index >= 15 is 0 Å². The van der Waals surface area contributed by atoms with Crippen molar-refractivity contribution in [2.24, 2.45) is 0 Å². The molecule has 3 heterocycles. The molecule has 1 saturated heterocycles. The van der Waals surface area contributed by atoms with E-state index in [1.807, 2.05) is 6.07 Å². The summed E-state index contributed by atoms with van der Waals surface area (Å²) in [4.78, 5) is 12.1. The molecule has 1 aliphatic heterocycles. The summed E-state index contributed by atoms with van der Waals surface area (Å²) in [5, 5.41) is 3.83. The number of fused-ring (bicyclic) bond motifs is 2. The fourth-order valence-electron chi connectivity index (χ4n) is 4.32. The summed E-state index contributed by atoms with van der Waals surface area (Å²) >= 11 is 0. The molecule has 2 aliphatic rings. The smallest absolute Gasteiger partial charge is 0.257 e. The molecule has 4 rings (SSSR count). The fraction of sp³-hybridized carbons (Fsp3) is 0.619. The molecule has 1 fully saturated rings. The number of hydrogen-bond donors (Lipinski definition) is 1. The number of rotatable bonds is 7. The third-order valence-corrected chi connectivity index (χ3v) is 5.88. The molecule has 7 heteroatoms. The maximum Gasteiger partial charge on any atom is 0.257 e. The van der Waals surface area contributed by atoms with Gasteiger partial charge in [-0.25, -0.2) is 4.98 Å². The van der Waals surface area contributed by atoms with Crippen LogP contribution in [0.3, 0.4) is 0 Å². The van der Waals surface area contributed by atoms with Crippen LogP contribution in [0, 0.1) is 0 Å². The van der Waals surface area contributed by atoms with Gasteiger partial charge in [0.15, 0.2) is 5.75 Å². The number of hydrogen-bond acceptors (Lipinski definition) is 7. The average molecular weight is 386 g/mol. The number of likely N-dealkylation sites (tertiary alicyclic amines) is 1. The number of aromatic nitrogens is 2. The maximum absolute atomic E-state index is 5.45. The van der Waals surface area contributed by atoms with Crippen molar-refractivity contribution in [3.63, 3.8) is 0 Å².